The predicted octanol–water partition coefficient (Wildman–Crippen LogP) is 1.60. The summed E-state index contributed by atoms with van der Waals surface area (Å²) in [5.74, 6) is 1.66. The van der Waals surface area contributed by atoms with Gasteiger partial charge < -0.3 is 14.7 Å². The number of hydrogen-bond donors (Lipinski definition) is 1. The number of anilines is 1. The van der Waals surface area contributed by atoms with Crippen LogP contribution in [0.25, 0.3) is 0 Å². The van der Waals surface area contributed by atoms with Crippen LogP contribution in [0.3, 0.4) is 0 Å². The van der Waals surface area contributed by atoms with Gasteiger partial charge >= 0.3 is 0 Å². The van der Waals surface area contributed by atoms with Crippen LogP contribution in [0, 0.1) is 13.8 Å². The zero-order valence-corrected chi connectivity index (χ0v) is 16.7. The highest BCUT2D eigenvalue weighted by Crippen LogP contribution is 2.19. The molecule has 2 aromatic heterocycles. The molecule has 0 radical (unpaired) electrons. The van der Waals surface area contributed by atoms with Gasteiger partial charge in [0.25, 0.3) is 5.91 Å². The van der Waals surface area contributed by atoms with Crippen molar-refractivity contribution in [3.8, 4) is 0 Å². The predicted molar refractivity (Wildman–Crippen MR) is 103 cm³/mol. The first-order valence-electron chi connectivity index (χ1n) is 9.42. The molecule has 1 N–H and O–H groups in total. The molecule has 3 heterocycles. The number of carbonyl (C=O) groups excluding carboxylic acids is 2. The third-order valence-corrected chi connectivity index (χ3v) is 4.64. The minimum Gasteiger partial charge on any atom is -0.360 e. The van der Waals surface area contributed by atoms with Crippen LogP contribution in [0.1, 0.15) is 47.4 Å². The van der Waals surface area contributed by atoms with Crippen LogP contribution in [0.5, 0.6) is 0 Å². The summed E-state index contributed by atoms with van der Waals surface area (Å²) in [6.07, 6.45) is 1.62. The average molecular weight is 386 g/mol. The van der Waals surface area contributed by atoms with Crippen LogP contribution >= 0.6 is 0 Å². The second-order valence-corrected chi connectivity index (χ2v) is 7.31. The molecule has 9 nitrogen and oxygen atoms in total. The molecule has 3 rings (SSSR count). The van der Waals surface area contributed by atoms with E-state index in [4.69, 9.17) is 4.52 Å². The van der Waals surface area contributed by atoms with E-state index in [9.17, 15) is 9.59 Å². The molecule has 1 aliphatic heterocycles. The normalized spacial score (nSPS) is 15.1. The Hall–Kier alpha value is -2.81. The van der Waals surface area contributed by atoms with E-state index in [1.54, 1.807) is 24.1 Å². The van der Waals surface area contributed by atoms with Gasteiger partial charge in [-0.05, 0) is 19.8 Å². The average Bonchev–Trinajstić information content (AvgIpc) is 3.06. The molecule has 1 saturated heterocycles. The second kappa shape index (κ2) is 8.47. The molecular weight excluding hydrogens is 360 g/mol. The quantitative estimate of drug-likeness (QED) is 0.832. The molecule has 0 spiro atoms. The van der Waals surface area contributed by atoms with Gasteiger partial charge in [0, 0.05) is 38.4 Å². The van der Waals surface area contributed by atoms with Crippen LogP contribution < -0.4 is 5.32 Å². The van der Waals surface area contributed by atoms with Gasteiger partial charge in [-0.1, -0.05) is 19.0 Å². The van der Waals surface area contributed by atoms with E-state index in [0.29, 0.717) is 49.1 Å². The second-order valence-electron chi connectivity index (χ2n) is 7.31. The van der Waals surface area contributed by atoms with Crippen molar-refractivity contribution in [2.24, 2.45) is 0 Å². The molecule has 2 aromatic rings. The summed E-state index contributed by atoms with van der Waals surface area (Å²) in [4.78, 5) is 37.5. The van der Waals surface area contributed by atoms with E-state index in [1.165, 1.54) is 0 Å². The van der Waals surface area contributed by atoms with Gasteiger partial charge in [-0.25, -0.2) is 9.97 Å². The first kappa shape index (κ1) is 19.9. The highest BCUT2D eigenvalue weighted by Gasteiger charge is 2.26. The van der Waals surface area contributed by atoms with Crippen molar-refractivity contribution in [1.82, 2.24) is 24.9 Å². The Kier molecular flexibility index (Phi) is 6.03. The fraction of sp³-hybridized carbons (Fsp3) is 0.526. The fourth-order valence-corrected chi connectivity index (χ4v) is 3.18. The standard InChI is InChI=1S/C19H26N6O3/c1-12(2)18-15(10-20-14(4)21-18)19(27)25-7-5-24(6-8-25)11-17(26)22-16-9-13(3)28-23-16/h9-10,12H,5-8,11H2,1-4H3,(H,22,23,26). The smallest absolute Gasteiger partial charge is 0.257 e. The van der Waals surface area contributed by atoms with E-state index >= 15 is 0 Å². The Balaban J connectivity index is 1.55. The summed E-state index contributed by atoms with van der Waals surface area (Å²) in [5.41, 5.74) is 1.34. The maximum Gasteiger partial charge on any atom is 0.257 e. The monoisotopic (exact) mass is 386 g/mol. The summed E-state index contributed by atoms with van der Waals surface area (Å²) in [5, 5.41) is 6.47. The maximum atomic E-state index is 12.9. The Labute approximate surface area is 164 Å². The number of aryl methyl sites for hydroxylation is 2. The van der Waals surface area contributed by atoms with E-state index in [1.807, 2.05) is 25.7 Å². The number of carbonyl (C=O) groups is 2. The van der Waals surface area contributed by atoms with Gasteiger partial charge in [-0.15, -0.1) is 0 Å². The molecule has 28 heavy (non-hydrogen) atoms. The number of piperazine rings is 1. The largest absolute Gasteiger partial charge is 0.360 e. The van der Waals surface area contributed by atoms with Gasteiger partial charge in [0.05, 0.1) is 17.8 Å². The Morgan fingerprint density at radius 2 is 1.93 bits per heavy atom. The van der Waals surface area contributed by atoms with E-state index in [2.05, 4.69) is 20.4 Å². The van der Waals surface area contributed by atoms with Crippen molar-refractivity contribution in [2.45, 2.75) is 33.6 Å². The third-order valence-electron chi connectivity index (χ3n) is 4.64. The summed E-state index contributed by atoms with van der Waals surface area (Å²) in [6.45, 7) is 10.2. The Morgan fingerprint density at radius 1 is 1.21 bits per heavy atom. The lowest BCUT2D eigenvalue weighted by Gasteiger charge is -2.34. The van der Waals surface area contributed by atoms with Crippen molar-refractivity contribution in [2.75, 3.05) is 38.0 Å². The lowest BCUT2D eigenvalue weighted by atomic mass is 10.0. The fourth-order valence-electron chi connectivity index (χ4n) is 3.18. The Morgan fingerprint density at radius 3 is 2.54 bits per heavy atom. The van der Waals surface area contributed by atoms with Gasteiger partial charge in [0.15, 0.2) is 5.82 Å². The first-order valence-corrected chi connectivity index (χ1v) is 9.42. The molecule has 9 heteroatoms. The molecule has 0 aliphatic carbocycles. The minimum absolute atomic E-state index is 0.0501. The number of nitrogens with zero attached hydrogens (tertiary/aromatic N) is 5. The summed E-state index contributed by atoms with van der Waals surface area (Å²) in [6, 6.07) is 1.67. The zero-order valence-electron chi connectivity index (χ0n) is 16.7. The van der Waals surface area contributed by atoms with Crippen molar-refractivity contribution in [1.29, 1.82) is 0 Å². The molecule has 0 aromatic carbocycles. The highest BCUT2D eigenvalue weighted by molar-refractivity contribution is 5.95. The highest BCUT2D eigenvalue weighted by atomic mass is 16.5. The maximum absolute atomic E-state index is 12.9. The van der Waals surface area contributed by atoms with Crippen LogP contribution in [0.4, 0.5) is 5.82 Å². The summed E-state index contributed by atoms with van der Waals surface area (Å²) < 4.78 is 4.94. The number of nitrogens with one attached hydrogen (secondary N) is 1. The number of hydrogen-bond acceptors (Lipinski definition) is 7. The number of amides is 2. The van der Waals surface area contributed by atoms with Crippen LogP contribution in [-0.2, 0) is 4.79 Å². The van der Waals surface area contributed by atoms with Gasteiger partial charge in [0.1, 0.15) is 11.6 Å². The van der Waals surface area contributed by atoms with Crippen molar-refractivity contribution in [3.05, 3.63) is 35.1 Å². The van der Waals surface area contributed by atoms with Gasteiger partial charge in [0.2, 0.25) is 5.91 Å². The molecule has 1 fully saturated rings. The molecule has 0 bridgehead atoms. The van der Waals surface area contributed by atoms with E-state index in [0.717, 1.165) is 5.69 Å². The van der Waals surface area contributed by atoms with Gasteiger partial charge in [-0.3, -0.25) is 14.5 Å². The van der Waals surface area contributed by atoms with Crippen molar-refractivity contribution >= 4 is 17.6 Å². The first-order chi connectivity index (χ1) is 13.3. The van der Waals surface area contributed by atoms with Crippen molar-refractivity contribution in [3.63, 3.8) is 0 Å². The van der Waals surface area contributed by atoms with Crippen LogP contribution in [0.2, 0.25) is 0 Å². The molecular formula is C19H26N6O3. The lowest BCUT2D eigenvalue weighted by molar-refractivity contribution is -0.117. The summed E-state index contributed by atoms with van der Waals surface area (Å²) in [7, 11) is 0. The number of aromatic nitrogens is 3. The van der Waals surface area contributed by atoms with Crippen LogP contribution in [-0.4, -0.2) is 69.5 Å². The molecule has 2 amide bonds. The van der Waals surface area contributed by atoms with E-state index < -0.39 is 0 Å². The molecule has 0 unspecified atom stereocenters. The minimum atomic E-state index is -0.151. The van der Waals surface area contributed by atoms with E-state index in [-0.39, 0.29) is 24.3 Å². The molecule has 1 aliphatic rings. The zero-order chi connectivity index (χ0) is 20.3. The molecule has 150 valence electrons. The topological polar surface area (TPSA) is 104 Å². The number of rotatable bonds is 5. The lowest BCUT2D eigenvalue weighted by Crippen LogP contribution is -2.50. The SMILES string of the molecule is Cc1ncc(C(=O)N2CCN(CC(=O)Nc3cc(C)on3)CC2)c(C(C)C)n1. The molecule has 0 saturated carbocycles. The Bertz CT molecular complexity index is 855. The van der Waals surface area contributed by atoms with Crippen molar-refractivity contribution < 1.29 is 14.1 Å². The third kappa shape index (κ3) is 4.72. The van der Waals surface area contributed by atoms with Crippen LogP contribution in [0.15, 0.2) is 16.8 Å². The molecule has 0 atom stereocenters. The summed E-state index contributed by atoms with van der Waals surface area (Å²) >= 11 is 0. The van der Waals surface area contributed by atoms with Gasteiger partial charge in [-0.2, -0.15) is 0 Å².